The molecule has 32 heavy (non-hydrogen) atoms. The standard InChI is InChI=1S/C23H27ClF2N2O3S/c1-2-32(29,30)28-11-12-31-19-8-3-16-9-10-27-21(20(16)13-19)22(14-23(25,26)15-22)17-4-6-18(24)7-5-17/h3-8,13,21,27-28H,2,9-12,14-15H2,1H3. The molecule has 1 heterocycles. The van der Waals surface area contributed by atoms with E-state index in [9.17, 15) is 17.2 Å². The molecule has 2 aromatic carbocycles. The van der Waals surface area contributed by atoms with Crippen molar-refractivity contribution in [2.45, 2.75) is 43.6 Å². The van der Waals surface area contributed by atoms with Gasteiger partial charge in [0, 0.05) is 35.9 Å². The third-order valence-corrected chi connectivity index (χ3v) is 8.02. The number of nitrogens with one attached hydrogen (secondary N) is 2. The van der Waals surface area contributed by atoms with Crippen molar-refractivity contribution >= 4 is 21.6 Å². The first kappa shape index (κ1) is 23.4. The van der Waals surface area contributed by atoms with Crippen molar-refractivity contribution in [1.82, 2.24) is 10.0 Å². The Balaban J connectivity index is 1.58. The molecule has 1 fully saturated rings. The van der Waals surface area contributed by atoms with E-state index in [1.807, 2.05) is 30.3 Å². The first-order chi connectivity index (χ1) is 15.1. The molecule has 2 N–H and O–H groups in total. The number of sulfonamides is 1. The van der Waals surface area contributed by atoms with E-state index in [4.69, 9.17) is 16.3 Å². The molecule has 2 aliphatic rings. The SMILES string of the molecule is CCS(=O)(=O)NCCOc1ccc2c(c1)C(C1(c3ccc(Cl)cc3)CC(F)(F)C1)NCC2. The first-order valence-electron chi connectivity index (χ1n) is 10.7. The molecule has 1 unspecified atom stereocenters. The zero-order chi connectivity index (χ0) is 23.0. The summed E-state index contributed by atoms with van der Waals surface area (Å²) in [4.78, 5) is 0. The highest BCUT2D eigenvalue weighted by Gasteiger charge is 2.61. The van der Waals surface area contributed by atoms with Gasteiger partial charge in [0.15, 0.2) is 0 Å². The lowest BCUT2D eigenvalue weighted by Crippen LogP contribution is -2.57. The van der Waals surface area contributed by atoms with E-state index < -0.39 is 21.4 Å². The van der Waals surface area contributed by atoms with Crippen LogP contribution < -0.4 is 14.8 Å². The van der Waals surface area contributed by atoms with Crippen molar-refractivity contribution in [3.63, 3.8) is 0 Å². The zero-order valence-electron chi connectivity index (χ0n) is 17.8. The number of hydrogen-bond acceptors (Lipinski definition) is 4. The van der Waals surface area contributed by atoms with Gasteiger partial charge in [0.2, 0.25) is 15.9 Å². The monoisotopic (exact) mass is 484 g/mol. The molecule has 0 radical (unpaired) electrons. The minimum Gasteiger partial charge on any atom is -0.492 e. The molecule has 1 aliphatic carbocycles. The van der Waals surface area contributed by atoms with E-state index in [0.717, 1.165) is 23.1 Å². The third-order valence-electron chi connectivity index (χ3n) is 6.36. The molecule has 9 heteroatoms. The van der Waals surface area contributed by atoms with Gasteiger partial charge in [0.1, 0.15) is 12.4 Å². The summed E-state index contributed by atoms with van der Waals surface area (Å²) in [5.74, 6) is -2.11. The molecule has 0 aromatic heterocycles. The van der Waals surface area contributed by atoms with E-state index in [-0.39, 0.29) is 37.8 Å². The van der Waals surface area contributed by atoms with Gasteiger partial charge in [0.25, 0.3) is 0 Å². The summed E-state index contributed by atoms with van der Waals surface area (Å²) in [5.41, 5.74) is 2.17. The molecule has 1 saturated carbocycles. The molecule has 2 aromatic rings. The van der Waals surface area contributed by atoms with Gasteiger partial charge < -0.3 is 10.1 Å². The number of halogens is 3. The van der Waals surface area contributed by atoms with Crippen LogP contribution in [0.25, 0.3) is 0 Å². The van der Waals surface area contributed by atoms with Crippen LogP contribution in [0.3, 0.4) is 0 Å². The van der Waals surface area contributed by atoms with Crippen LogP contribution in [-0.4, -0.2) is 39.8 Å². The Labute approximate surface area is 192 Å². The largest absolute Gasteiger partial charge is 0.492 e. The normalized spacial score (nSPS) is 21.4. The van der Waals surface area contributed by atoms with Gasteiger partial charge in [-0.05, 0) is 60.8 Å². The number of hydrogen-bond donors (Lipinski definition) is 2. The van der Waals surface area contributed by atoms with Crippen LogP contribution >= 0.6 is 11.6 Å². The van der Waals surface area contributed by atoms with Gasteiger partial charge in [-0.25, -0.2) is 21.9 Å². The Morgan fingerprint density at radius 2 is 1.91 bits per heavy atom. The Morgan fingerprint density at radius 1 is 1.19 bits per heavy atom. The lowest BCUT2D eigenvalue weighted by molar-refractivity contribution is -0.138. The molecule has 1 aliphatic heterocycles. The Kier molecular flexibility index (Phi) is 6.51. The lowest BCUT2D eigenvalue weighted by Gasteiger charge is -2.54. The lowest BCUT2D eigenvalue weighted by atomic mass is 9.56. The summed E-state index contributed by atoms with van der Waals surface area (Å²) in [5, 5.41) is 4.05. The van der Waals surface area contributed by atoms with Crippen LogP contribution in [-0.2, 0) is 21.9 Å². The summed E-state index contributed by atoms with van der Waals surface area (Å²) < 4.78 is 59.8. The van der Waals surface area contributed by atoms with Crippen molar-refractivity contribution in [3.8, 4) is 5.75 Å². The number of ether oxygens (including phenoxy) is 1. The summed E-state index contributed by atoms with van der Waals surface area (Å²) in [6.07, 6.45) is 0.334. The number of rotatable bonds is 8. The van der Waals surface area contributed by atoms with Gasteiger partial charge in [0.05, 0.1) is 5.75 Å². The fourth-order valence-corrected chi connectivity index (χ4v) is 5.53. The highest BCUT2D eigenvalue weighted by Crippen LogP contribution is 2.60. The average Bonchev–Trinajstić information content (AvgIpc) is 2.75. The van der Waals surface area contributed by atoms with Gasteiger partial charge in [-0.3, -0.25) is 0 Å². The van der Waals surface area contributed by atoms with E-state index >= 15 is 0 Å². The summed E-state index contributed by atoms with van der Waals surface area (Å²) in [6, 6.07) is 12.6. The molecule has 4 rings (SSSR count). The average molecular weight is 485 g/mol. The van der Waals surface area contributed by atoms with Crippen molar-refractivity contribution in [2.24, 2.45) is 0 Å². The maximum absolute atomic E-state index is 14.2. The van der Waals surface area contributed by atoms with Gasteiger partial charge >= 0.3 is 0 Å². The van der Waals surface area contributed by atoms with Crippen LogP contribution in [0.4, 0.5) is 8.78 Å². The molecular weight excluding hydrogens is 458 g/mol. The third kappa shape index (κ3) is 4.78. The predicted octanol–water partition coefficient (Wildman–Crippen LogP) is 4.21. The summed E-state index contributed by atoms with van der Waals surface area (Å²) >= 11 is 6.04. The number of alkyl halides is 2. The molecule has 0 saturated heterocycles. The second kappa shape index (κ2) is 8.89. The Bertz CT molecular complexity index is 1070. The van der Waals surface area contributed by atoms with E-state index in [2.05, 4.69) is 10.0 Å². The van der Waals surface area contributed by atoms with Crippen LogP contribution in [0.2, 0.25) is 5.02 Å². The molecule has 0 spiro atoms. The topological polar surface area (TPSA) is 67.4 Å². The molecule has 5 nitrogen and oxygen atoms in total. The molecule has 1 atom stereocenters. The minimum absolute atomic E-state index is 0.0105. The van der Waals surface area contributed by atoms with Crippen molar-refractivity contribution < 1.29 is 21.9 Å². The van der Waals surface area contributed by atoms with Crippen LogP contribution in [0.1, 0.15) is 42.5 Å². The van der Waals surface area contributed by atoms with Gasteiger partial charge in [-0.1, -0.05) is 29.8 Å². The first-order valence-corrected chi connectivity index (χ1v) is 12.8. The minimum atomic E-state index is -3.28. The number of fused-ring (bicyclic) bond motifs is 1. The molecule has 174 valence electrons. The van der Waals surface area contributed by atoms with Crippen molar-refractivity contribution in [2.75, 3.05) is 25.4 Å². The second-order valence-electron chi connectivity index (χ2n) is 8.52. The van der Waals surface area contributed by atoms with Gasteiger partial charge in [-0.15, -0.1) is 0 Å². The van der Waals surface area contributed by atoms with E-state index in [1.54, 1.807) is 19.1 Å². The van der Waals surface area contributed by atoms with Crippen LogP contribution in [0.15, 0.2) is 42.5 Å². The fourth-order valence-electron chi connectivity index (χ4n) is 4.81. The van der Waals surface area contributed by atoms with E-state index in [0.29, 0.717) is 17.3 Å². The smallest absolute Gasteiger partial charge is 0.250 e. The second-order valence-corrected chi connectivity index (χ2v) is 11.0. The predicted molar refractivity (Wildman–Crippen MR) is 121 cm³/mol. The Morgan fingerprint density at radius 3 is 2.56 bits per heavy atom. The highest BCUT2D eigenvalue weighted by atomic mass is 35.5. The highest BCUT2D eigenvalue weighted by molar-refractivity contribution is 7.89. The molecule has 0 bridgehead atoms. The number of benzene rings is 2. The van der Waals surface area contributed by atoms with Crippen LogP contribution in [0.5, 0.6) is 5.75 Å². The van der Waals surface area contributed by atoms with E-state index in [1.165, 1.54) is 0 Å². The maximum Gasteiger partial charge on any atom is 0.250 e. The zero-order valence-corrected chi connectivity index (χ0v) is 19.4. The molecular formula is C23H27ClF2N2O3S. The van der Waals surface area contributed by atoms with Crippen molar-refractivity contribution in [3.05, 3.63) is 64.2 Å². The van der Waals surface area contributed by atoms with Gasteiger partial charge in [-0.2, -0.15) is 0 Å². The molecule has 0 amide bonds. The van der Waals surface area contributed by atoms with Crippen molar-refractivity contribution in [1.29, 1.82) is 0 Å². The maximum atomic E-state index is 14.2. The summed E-state index contributed by atoms with van der Waals surface area (Å²) in [7, 11) is -3.28. The quantitative estimate of drug-likeness (QED) is 0.551. The fraction of sp³-hybridized carbons (Fsp3) is 0.478. The Hall–Kier alpha value is -1.74. The summed E-state index contributed by atoms with van der Waals surface area (Å²) in [6.45, 7) is 2.62. The van der Waals surface area contributed by atoms with Crippen LogP contribution in [0, 0.1) is 0 Å².